The van der Waals surface area contributed by atoms with E-state index in [4.69, 9.17) is 10.3 Å². The highest BCUT2D eigenvalue weighted by Gasteiger charge is 2.22. The Balaban J connectivity index is 1.76. The summed E-state index contributed by atoms with van der Waals surface area (Å²) in [6.45, 7) is 1.33. The van der Waals surface area contributed by atoms with Crippen LogP contribution in [-0.2, 0) is 4.79 Å². The summed E-state index contributed by atoms with van der Waals surface area (Å²) in [5, 5.41) is 8.98. The first kappa shape index (κ1) is 19.7. The lowest BCUT2D eigenvalue weighted by Crippen LogP contribution is -2.33. The molecule has 1 aromatic heterocycles. The molecule has 9 heteroatoms. The number of carbonyl (C=O) groups is 3. The summed E-state index contributed by atoms with van der Waals surface area (Å²) in [5.74, 6) is -1.67. The number of halogens is 1. The number of amides is 3. The molecule has 0 saturated carbocycles. The average molecular weight is 396 g/mol. The maximum atomic E-state index is 13.2. The molecule has 0 aliphatic rings. The summed E-state index contributed by atoms with van der Waals surface area (Å²) in [4.78, 5) is 35.3. The molecule has 0 spiro atoms. The number of nitrogens with zero attached hydrogens (tertiary/aromatic N) is 1. The zero-order valence-corrected chi connectivity index (χ0v) is 15.4. The van der Waals surface area contributed by atoms with Crippen molar-refractivity contribution < 1.29 is 23.3 Å². The number of carbonyl (C=O) groups excluding carboxylic acids is 3. The molecule has 3 aromatic rings. The zero-order valence-electron chi connectivity index (χ0n) is 15.4. The molecule has 1 heterocycles. The molecule has 0 aliphatic carbocycles. The van der Waals surface area contributed by atoms with Crippen LogP contribution < -0.4 is 16.4 Å². The fourth-order valence-corrected chi connectivity index (χ4v) is 2.61. The van der Waals surface area contributed by atoms with Gasteiger partial charge in [0.2, 0.25) is 5.91 Å². The van der Waals surface area contributed by atoms with Gasteiger partial charge in [0.05, 0.1) is 6.54 Å². The van der Waals surface area contributed by atoms with E-state index >= 15 is 0 Å². The monoisotopic (exact) mass is 396 g/mol. The second kappa shape index (κ2) is 8.34. The molecule has 0 bridgehead atoms. The van der Waals surface area contributed by atoms with Crippen molar-refractivity contribution in [3.05, 3.63) is 71.2 Å². The van der Waals surface area contributed by atoms with Gasteiger partial charge in [-0.15, -0.1) is 0 Å². The summed E-state index contributed by atoms with van der Waals surface area (Å²) >= 11 is 0. The van der Waals surface area contributed by atoms with Gasteiger partial charge in [0.15, 0.2) is 0 Å². The van der Waals surface area contributed by atoms with Gasteiger partial charge >= 0.3 is 0 Å². The molecule has 0 unspecified atom stereocenters. The fraction of sp³-hybridized carbons (Fsp3) is 0.100. The summed E-state index contributed by atoms with van der Waals surface area (Å²) in [6.07, 6.45) is 0. The molecule has 3 amide bonds. The van der Waals surface area contributed by atoms with E-state index < -0.39 is 23.5 Å². The number of nitrogens with two attached hydrogens (primary N) is 1. The average Bonchev–Trinajstić information content (AvgIpc) is 3.08. The van der Waals surface area contributed by atoms with E-state index in [0.717, 1.165) is 0 Å². The van der Waals surface area contributed by atoms with Crippen LogP contribution in [0, 0.1) is 12.7 Å². The smallest absolute Gasteiger partial charge is 0.261 e. The molecule has 0 atom stereocenters. The minimum atomic E-state index is -0.650. The Labute approximate surface area is 164 Å². The van der Waals surface area contributed by atoms with Crippen molar-refractivity contribution in [1.29, 1.82) is 0 Å². The first-order valence-corrected chi connectivity index (χ1v) is 8.55. The second-order valence-electron chi connectivity index (χ2n) is 6.15. The number of hydrogen-bond donors (Lipinski definition) is 3. The van der Waals surface area contributed by atoms with Gasteiger partial charge in [0, 0.05) is 16.8 Å². The number of hydrogen-bond acceptors (Lipinski definition) is 5. The van der Waals surface area contributed by atoms with E-state index in [1.165, 1.54) is 48.5 Å². The molecule has 3 rings (SSSR count). The number of aryl methyl sites for hydroxylation is 1. The molecular formula is C20H17FN4O4. The van der Waals surface area contributed by atoms with E-state index in [9.17, 15) is 18.8 Å². The minimum Gasteiger partial charge on any atom is -0.368 e. The molecule has 8 nitrogen and oxygen atoms in total. The normalized spacial score (nSPS) is 10.4. The van der Waals surface area contributed by atoms with Crippen LogP contribution in [0.4, 0.5) is 10.1 Å². The molecule has 4 N–H and O–H groups in total. The third-order valence-corrected chi connectivity index (χ3v) is 4.04. The third-order valence-electron chi connectivity index (χ3n) is 4.04. The Kier molecular flexibility index (Phi) is 5.68. The number of nitrogens with one attached hydrogen (secondary N) is 2. The van der Waals surface area contributed by atoms with Crippen LogP contribution in [0.15, 0.2) is 53.1 Å². The van der Waals surface area contributed by atoms with Crippen LogP contribution in [0.2, 0.25) is 0 Å². The van der Waals surface area contributed by atoms with E-state index in [-0.39, 0.29) is 12.1 Å². The quantitative estimate of drug-likeness (QED) is 0.589. The number of benzene rings is 2. The number of primary amides is 1. The summed E-state index contributed by atoms with van der Waals surface area (Å²) < 4.78 is 18.3. The van der Waals surface area contributed by atoms with Gasteiger partial charge < -0.3 is 20.9 Å². The van der Waals surface area contributed by atoms with Crippen LogP contribution >= 0.6 is 0 Å². The maximum Gasteiger partial charge on any atom is 0.261 e. The van der Waals surface area contributed by atoms with Gasteiger partial charge in [-0.25, -0.2) is 4.39 Å². The summed E-state index contributed by atoms with van der Waals surface area (Å²) in [5.41, 5.74) is 6.78. The van der Waals surface area contributed by atoms with Crippen LogP contribution in [-0.4, -0.2) is 29.4 Å². The highest BCUT2D eigenvalue weighted by molar-refractivity contribution is 6.09. The molecule has 0 radical (unpaired) electrons. The van der Waals surface area contributed by atoms with Crippen LogP contribution in [0.1, 0.15) is 26.5 Å². The van der Waals surface area contributed by atoms with Crippen LogP contribution in [0.5, 0.6) is 0 Å². The first-order valence-electron chi connectivity index (χ1n) is 8.55. The van der Waals surface area contributed by atoms with Crippen molar-refractivity contribution in [3.8, 4) is 11.3 Å². The van der Waals surface area contributed by atoms with E-state index in [1.54, 1.807) is 6.92 Å². The molecule has 0 fully saturated rings. The Morgan fingerprint density at radius 3 is 2.31 bits per heavy atom. The molecule has 148 valence electrons. The number of aromatic nitrogens is 1. The van der Waals surface area contributed by atoms with Crippen molar-refractivity contribution in [2.75, 3.05) is 11.9 Å². The standard InChI is InChI=1S/C20H17FN4O4/c1-11-17(18(25-29-11)12-2-6-14(21)7-3-12)20(28)24-15-8-4-13(5-9-15)19(27)23-10-16(22)26/h2-9H,10H2,1H3,(H2,22,26)(H,23,27)(H,24,28). The van der Waals surface area contributed by atoms with E-state index in [2.05, 4.69) is 15.8 Å². The second-order valence-corrected chi connectivity index (χ2v) is 6.15. The highest BCUT2D eigenvalue weighted by atomic mass is 19.1. The number of anilines is 1. The van der Waals surface area contributed by atoms with Crippen molar-refractivity contribution in [2.24, 2.45) is 5.73 Å². The topological polar surface area (TPSA) is 127 Å². The lowest BCUT2D eigenvalue weighted by Gasteiger charge is -2.07. The van der Waals surface area contributed by atoms with Crippen LogP contribution in [0.3, 0.4) is 0 Å². The van der Waals surface area contributed by atoms with E-state index in [1.807, 2.05) is 0 Å². The first-order chi connectivity index (χ1) is 13.8. The van der Waals surface area contributed by atoms with Gasteiger partial charge in [-0.2, -0.15) is 0 Å². The molecule has 29 heavy (non-hydrogen) atoms. The highest BCUT2D eigenvalue weighted by Crippen LogP contribution is 2.26. The van der Waals surface area contributed by atoms with Crippen molar-refractivity contribution in [1.82, 2.24) is 10.5 Å². The third kappa shape index (κ3) is 4.64. The van der Waals surface area contributed by atoms with Crippen molar-refractivity contribution >= 4 is 23.4 Å². The SMILES string of the molecule is Cc1onc(-c2ccc(F)cc2)c1C(=O)Nc1ccc(C(=O)NCC(N)=O)cc1. The van der Waals surface area contributed by atoms with Crippen LogP contribution in [0.25, 0.3) is 11.3 Å². The lowest BCUT2D eigenvalue weighted by molar-refractivity contribution is -0.117. The largest absolute Gasteiger partial charge is 0.368 e. The maximum absolute atomic E-state index is 13.2. The Morgan fingerprint density at radius 2 is 1.69 bits per heavy atom. The van der Waals surface area contributed by atoms with Gasteiger partial charge in [-0.1, -0.05) is 5.16 Å². The summed E-state index contributed by atoms with van der Waals surface area (Å²) in [6, 6.07) is 11.6. The minimum absolute atomic E-state index is 0.222. The zero-order chi connectivity index (χ0) is 21.0. The van der Waals surface area contributed by atoms with Crippen molar-refractivity contribution in [2.45, 2.75) is 6.92 Å². The Bertz CT molecular complexity index is 1060. The molecular weight excluding hydrogens is 379 g/mol. The Hall–Kier alpha value is -4.01. The van der Waals surface area contributed by atoms with Gasteiger partial charge in [-0.05, 0) is 55.5 Å². The summed E-state index contributed by atoms with van der Waals surface area (Å²) in [7, 11) is 0. The van der Waals surface area contributed by atoms with Gasteiger partial charge in [0.1, 0.15) is 22.8 Å². The number of rotatable bonds is 6. The van der Waals surface area contributed by atoms with Crippen molar-refractivity contribution in [3.63, 3.8) is 0 Å². The van der Waals surface area contributed by atoms with Gasteiger partial charge in [0.25, 0.3) is 11.8 Å². The lowest BCUT2D eigenvalue weighted by atomic mass is 10.1. The van der Waals surface area contributed by atoms with Gasteiger partial charge in [-0.3, -0.25) is 14.4 Å². The fourth-order valence-electron chi connectivity index (χ4n) is 2.61. The molecule has 0 aliphatic heterocycles. The predicted octanol–water partition coefficient (Wildman–Crippen LogP) is 2.26. The van der Waals surface area contributed by atoms with E-state index in [0.29, 0.717) is 28.3 Å². The predicted molar refractivity (Wildman–Crippen MR) is 103 cm³/mol. The Morgan fingerprint density at radius 1 is 1.03 bits per heavy atom. The molecule has 0 saturated heterocycles. The molecule has 2 aromatic carbocycles.